The van der Waals surface area contributed by atoms with Crippen molar-refractivity contribution in [2.24, 2.45) is 0 Å². The number of aryl methyl sites for hydroxylation is 2. The maximum Gasteiger partial charge on any atom is 0.224 e. The number of carbonyl (C=O) groups is 1. The first-order valence-corrected chi connectivity index (χ1v) is 10.3. The highest BCUT2D eigenvalue weighted by atomic mass is 16.5. The molecule has 4 nitrogen and oxygen atoms in total. The summed E-state index contributed by atoms with van der Waals surface area (Å²) in [6.45, 7) is 5.67. The van der Waals surface area contributed by atoms with E-state index in [0.717, 1.165) is 30.0 Å². The van der Waals surface area contributed by atoms with Crippen molar-refractivity contribution in [3.05, 3.63) is 94.5 Å². The van der Waals surface area contributed by atoms with Gasteiger partial charge in [0.2, 0.25) is 5.91 Å². The van der Waals surface area contributed by atoms with Gasteiger partial charge in [0, 0.05) is 18.8 Å². The molecule has 0 atom stereocenters. The summed E-state index contributed by atoms with van der Waals surface area (Å²) in [5.74, 6) is 0.883. The van der Waals surface area contributed by atoms with Crippen LogP contribution >= 0.6 is 0 Å². The number of ether oxygens (including phenoxy) is 1. The molecule has 0 saturated heterocycles. The van der Waals surface area contributed by atoms with E-state index >= 15 is 0 Å². The van der Waals surface area contributed by atoms with Gasteiger partial charge in [0.1, 0.15) is 5.75 Å². The number of hydrogen-bond donors (Lipinski definition) is 2. The van der Waals surface area contributed by atoms with Crippen molar-refractivity contribution in [2.75, 3.05) is 19.0 Å². The standard InChI is InChI=1S/C26H30N2O2/c1-19-4-5-23(16-20(19)2)18-28-24-10-6-22(7-11-24)17-26(29)27-15-14-21-8-12-25(30-3)13-9-21/h4-13,16,28H,14-15,17-18H2,1-3H3,(H,27,29). The van der Waals surface area contributed by atoms with E-state index in [1.165, 1.54) is 22.3 Å². The number of anilines is 1. The molecule has 1 amide bonds. The lowest BCUT2D eigenvalue weighted by molar-refractivity contribution is -0.120. The summed E-state index contributed by atoms with van der Waals surface area (Å²) >= 11 is 0. The Hall–Kier alpha value is -3.27. The van der Waals surface area contributed by atoms with Crippen LogP contribution in [0, 0.1) is 13.8 Å². The van der Waals surface area contributed by atoms with Crippen LogP contribution in [0.1, 0.15) is 27.8 Å². The highest BCUT2D eigenvalue weighted by Crippen LogP contribution is 2.14. The first kappa shape index (κ1) is 21.4. The normalized spacial score (nSPS) is 10.5. The van der Waals surface area contributed by atoms with Crippen LogP contribution < -0.4 is 15.4 Å². The van der Waals surface area contributed by atoms with E-state index in [0.29, 0.717) is 13.0 Å². The molecule has 3 aromatic carbocycles. The van der Waals surface area contributed by atoms with Crippen molar-refractivity contribution in [1.29, 1.82) is 0 Å². The van der Waals surface area contributed by atoms with Crippen LogP contribution in [0.5, 0.6) is 5.75 Å². The van der Waals surface area contributed by atoms with Crippen LogP contribution in [0.15, 0.2) is 66.7 Å². The molecule has 3 aromatic rings. The van der Waals surface area contributed by atoms with Crippen LogP contribution in [-0.2, 0) is 24.2 Å². The summed E-state index contributed by atoms with van der Waals surface area (Å²) in [4.78, 5) is 12.2. The molecule has 0 saturated carbocycles. The predicted octanol–water partition coefficient (Wildman–Crippen LogP) is 4.83. The largest absolute Gasteiger partial charge is 0.497 e. The molecule has 0 aliphatic rings. The van der Waals surface area contributed by atoms with Crippen molar-refractivity contribution in [1.82, 2.24) is 5.32 Å². The minimum atomic E-state index is 0.0411. The van der Waals surface area contributed by atoms with Gasteiger partial charge in [-0.1, -0.05) is 42.5 Å². The Morgan fingerprint density at radius 3 is 2.17 bits per heavy atom. The van der Waals surface area contributed by atoms with Gasteiger partial charge >= 0.3 is 0 Å². The van der Waals surface area contributed by atoms with Crippen molar-refractivity contribution in [3.8, 4) is 5.75 Å². The van der Waals surface area contributed by atoms with Crippen molar-refractivity contribution in [2.45, 2.75) is 33.2 Å². The molecule has 30 heavy (non-hydrogen) atoms. The van der Waals surface area contributed by atoms with Crippen LogP contribution in [0.2, 0.25) is 0 Å². The molecule has 0 aromatic heterocycles. The zero-order valence-electron chi connectivity index (χ0n) is 18.0. The van der Waals surface area contributed by atoms with Gasteiger partial charge in [0.25, 0.3) is 0 Å². The number of carbonyl (C=O) groups excluding carboxylic acids is 1. The summed E-state index contributed by atoms with van der Waals surface area (Å²) in [6, 6.07) is 22.5. The number of methoxy groups -OCH3 is 1. The number of nitrogens with one attached hydrogen (secondary N) is 2. The van der Waals surface area contributed by atoms with Gasteiger partial charge in [0.15, 0.2) is 0 Å². The molecule has 0 heterocycles. The molecular weight excluding hydrogens is 372 g/mol. The Kier molecular flexibility index (Phi) is 7.50. The van der Waals surface area contributed by atoms with Gasteiger partial charge in [-0.05, 0) is 72.4 Å². The van der Waals surface area contributed by atoms with Crippen LogP contribution in [0.25, 0.3) is 0 Å². The lowest BCUT2D eigenvalue weighted by Crippen LogP contribution is -2.27. The van der Waals surface area contributed by atoms with Gasteiger partial charge < -0.3 is 15.4 Å². The van der Waals surface area contributed by atoms with Gasteiger partial charge in [0.05, 0.1) is 13.5 Å². The van der Waals surface area contributed by atoms with Gasteiger partial charge in [-0.15, -0.1) is 0 Å². The minimum absolute atomic E-state index is 0.0411. The Morgan fingerprint density at radius 2 is 1.50 bits per heavy atom. The van der Waals surface area contributed by atoms with Gasteiger partial charge in [-0.2, -0.15) is 0 Å². The molecule has 2 N–H and O–H groups in total. The monoisotopic (exact) mass is 402 g/mol. The van der Waals surface area contributed by atoms with Crippen LogP contribution in [0.3, 0.4) is 0 Å². The molecular formula is C26H30N2O2. The molecule has 3 rings (SSSR count). The van der Waals surface area contributed by atoms with E-state index in [1.54, 1.807) is 7.11 Å². The third-order valence-electron chi connectivity index (χ3n) is 5.28. The average Bonchev–Trinajstić information content (AvgIpc) is 2.76. The first-order valence-electron chi connectivity index (χ1n) is 10.3. The first-order chi connectivity index (χ1) is 14.5. The summed E-state index contributed by atoms with van der Waals surface area (Å²) in [5, 5.41) is 6.43. The van der Waals surface area contributed by atoms with E-state index in [4.69, 9.17) is 4.74 Å². The van der Waals surface area contributed by atoms with E-state index in [2.05, 4.69) is 42.7 Å². The highest BCUT2D eigenvalue weighted by Gasteiger charge is 2.04. The summed E-state index contributed by atoms with van der Waals surface area (Å²) in [7, 11) is 1.66. The summed E-state index contributed by atoms with van der Waals surface area (Å²) < 4.78 is 5.16. The summed E-state index contributed by atoms with van der Waals surface area (Å²) in [6.07, 6.45) is 1.19. The second-order valence-electron chi connectivity index (χ2n) is 7.59. The SMILES string of the molecule is COc1ccc(CCNC(=O)Cc2ccc(NCc3ccc(C)c(C)c3)cc2)cc1. The average molecular weight is 403 g/mol. The topological polar surface area (TPSA) is 50.4 Å². The van der Waals surface area contributed by atoms with E-state index in [1.807, 2.05) is 48.5 Å². The molecule has 0 spiro atoms. The van der Waals surface area contributed by atoms with Crippen LogP contribution in [0.4, 0.5) is 5.69 Å². The lowest BCUT2D eigenvalue weighted by Gasteiger charge is -2.10. The fourth-order valence-corrected chi connectivity index (χ4v) is 3.24. The maximum atomic E-state index is 12.2. The molecule has 4 heteroatoms. The molecule has 0 aliphatic heterocycles. The molecule has 0 aliphatic carbocycles. The molecule has 0 fully saturated rings. The number of amides is 1. The Balaban J connectivity index is 1.41. The number of benzene rings is 3. The Morgan fingerprint density at radius 1 is 0.833 bits per heavy atom. The van der Waals surface area contributed by atoms with Gasteiger partial charge in [-0.3, -0.25) is 4.79 Å². The summed E-state index contributed by atoms with van der Waals surface area (Å²) in [5.41, 5.74) is 7.12. The second kappa shape index (κ2) is 10.5. The lowest BCUT2D eigenvalue weighted by atomic mass is 10.1. The van der Waals surface area contributed by atoms with Crippen molar-refractivity contribution in [3.63, 3.8) is 0 Å². The zero-order valence-corrected chi connectivity index (χ0v) is 18.0. The van der Waals surface area contributed by atoms with E-state index < -0.39 is 0 Å². The van der Waals surface area contributed by atoms with Gasteiger partial charge in [-0.25, -0.2) is 0 Å². The number of rotatable bonds is 9. The van der Waals surface area contributed by atoms with Crippen molar-refractivity contribution >= 4 is 11.6 Å². The zero-order chi connectivity index (χ0) is 21.3. The van der Waals surface area contributed by atoms with Crippen molar-refractivity contribution < 1.29 is 9.53 Å². The molecule has 0 radical (unpaired) electrons. The number of hydrogen-bond acceptors (Lipinski definition) is 3. The van der Waals surface area contributed by atoms with Crippen LogP contribution in [-0.4, -0.2) is 19.6 Å². The third-order valence-corrected chi connectivity index (χ3v) is 5.28. The smallest absolute Gasteiger partial charge is 0.224 e. The Labute approximate surface area is 179 Å². The highest BCUT2D eigenvalue weighted by molar-refractivity contribution is 5.78. The van der Waals surface area contributed by atoms with E-state index in [-0.39, 0.29) is 5.91 Å². The van der Waals surface area contributed by atoms with E-state index in [9.17, 15) is 4.79 Å². The predicted molar refractivity (Wildman–Crippen MR) is 123 cm³/mol. The molecule has 0 unspecified atom stereocenters. The minimum Gasteiger partial charge on any atom is -0.497 e. The molecule has 0 bridgehead atoms. The molecule has 156 valence electrons. The Bertz CT molecular complexity index is 963. The fourth-order valence-electron chi connectivity index (χ4n) is 3.24. The second-order valence-corrected chi connectivity index (χ2v) is 7.59. The third kappa shape index (κ3) is 6.38. The quantitative estimate of drug-likeness (QED) is 0.539. The fraction of sp³-hybridized carbons (Fsp3) is 0.269. The maximum absolute atomic E-state index is 12.2.